The summed E-state index contributed by atoms with van der Waals surface area (Å²) >= 11 is 1.17. The van der Waals surface area contributed by atoms with Gasteiger partial charge in [0.2, 0.25) is 0 Å². The number of aromatic carboxylic acids is 1. The van der Waals surface area contributed by atoms with Crippen LogP contribution in [0.3, 0.4) is 0 Å². The van der Waals surface area contributed by atoms with Gasteiger partial charge in [0.1, 0.15) is 0 Å². The number of hydrogen-bond acceptors (Lipinski definition) is 4. The van der Waals surface area contributed by atoms with Crippen molar-refractivity contribution in [3.8, 4) is 5.75 Å². The third-order valence-electron chi connectivity index (χ3n) is 2.04. The largest absolute Gasteiger partial charge is 0.532 e. The number of pyridine rings is 1. The Bertz CT molecular complexity index is 563. The quantitative estimate of drug-likeness (QED) is 0.656. The molecule has 2 aromatic rings. The van der Waals surface area contributed by atoms with Crippen molar-refractivity contribution in [1.29, 1.82) is 0 Å². The third kappa shape index (κ3) is 3.52. The molecule has 0 aliphatic carbocycles. The Labute approximate surface area is 132 Å². The average Bonchev–Trinajstić information content (AvgIpc) is 2.32. The number of nitrogens with zero attached hydrogens (tertiary/aromatic N) is 1. The van der Waals surface area contributed by atoms with Crippen LogP contribution in [0.4, 0.5) is 0 Å². The van der Waals surface area contributed by atoms with Gasteiger partial charge in [0.05, 0.1) is 5.56 Å². The van der Waals surface area contributed by atoms with Crippen LogP contribution in [0.1, 0.15) is 10.4 Å². The molecule has 0 saturated heterocycles. The Balaban J connectivity index is 0.00000162. The summed E-state index contributed by atoms with van der Waals surface area (Å²) in [6, 6.07) is 9.12. The van der Waals surface area contributed by atoms with Crippen LogP contribution in [0.15, 0.2) is 46.5 Å². The van der Waals surface area contributed by atoms with E-state index in [1.54, 1.807) is 18.2 Å². The zero-order valence-corrected chi connectivity index (χ0v) is 14.1. The molecule has 4 nitrogen and oxygen atoms in total. The van der Waals surface area contributed by atoms with Crippen molar-refractivity contribution in [1.82, 2.24) is 4.98 Å². The molecular formula is C12H8NO3SU-. The Morgan fingerprint density at radius 2 is 2.11 bits per heavy atom. The van der Waals surface area contributed by atoms with Gasteiger partial charge in [-0.25, -0.2) is 4.79 Å². The summed E-state index contributed by atoms with van der Waals surface area (Å²) in [7, 11) is 0. The number of aromatic hydroxyl groups is 1. The zero-order valence-electron chi connectivity index (χ0n) is 9.12. The maximum atomic E-state index is 11.0. The van der Waals surface area contributed by atoms with Crippen molar-refractivity contribution in [2.24, 2.45) is 0 Å². The molecule has 0 aliphatic heterocycles. The summed E-state index contributed by atoms with van der Waals surface area (Å²) in [5.41, 5.74) is 0.112. The van der Waals surface area contributed by atoms with E-state index >= 15 is 0 Å². The minimum atomic E-state index is -1.04. The van der Waals surface area contributed by atoms with E-state index in [4.69, 9.17) is 5.11 Å². The van der Waals surface area contributed by atoms with Crippen LogP contribution in [0.2, 0.25) is 0 Å². The molecule has 0 bridgehead atoms. The van der Waals surface area contributed by atoms with Crippen molar-refractivity contribution < 1.29 is 46.1 Å². The van der Waals surface area contributed by atoms with E-state index in [2.05, 4.69) is 11.1 Å². The number of phenols is 1. The van der Waals surface area contributed by atoms with E-state index in [0.717, 1.165) is 0 Å². The molecule has 0 saturated carbocycles. The third-order valence-corrected chi connectivity index (χ3v) is 3.16. The molecule has 18 heavy (non-hydrogen) atoms. The summed E-state index contributed by atoms with van der Waals surface area (Å²) in [5, 5.41) is 18.6. The minimum Gasteiger partial charge on any atom is -0.532 e. The molecule has 2 N–H and O–H groups in total. The molecule has 6 heteroatoms. The number of aromatic nitrogens is 1. The minimum absolute atomic E-state index is 0. The van der Waals surface area contributed by atoms with E-state index in [1.165, 1.54) is 30.2 Å². The standard InChI is InChI=1S/C12H8NO3S.U/c14-9-3-1-2-4-11(9)17-10-5-6-13-7-8(10)12(15)16;/h1,3-7,14H,(H,15,16);/q-1;. The number of carboxylic acid groups (broad SMARTS) is 1. The van der Waals surface area contributed by atoms with Crippen LogP contribution in [-0.4, -0.2) is 21.2 Å². The van der Waals surface area contributed by atoms with Crippen molar-refractivity contribution in [3.63, 3.8) is 0 Å². The second-order valence-electron chi connectivity index (χ2n) is 3.17. The SMILES string of the molecule is O=C(O)c1cnccc1Sc1c[c-]ccc1O.[U]. The molecule has 2 rings (SSSR count). The monoisotopic (exact) mass is 484 g/mol. The molecule has 0 amide bonds. The number of hydrogen-bond donors (Lipinski definition) is 2. The molecule has 0 spiro atoms. The fourth-order valence-electron chi connectivity index (χ4n) is 1.24. The Morgan fingerprint density at radius 3 is 2.78 bits per heavy atom. The molecule has 0 aliphatic rings. The van der Waals surface area contributed by atoms with Crippen molar-refractivity contribution in [3.05, 3.63) is 48.3 Å². The summed E-state index contributed by atoms with van der Waals surface area (Å²) in [6.45, 7) is 0. The van der Waals surface area contributed by atoms with Crippen LogP contribution in [0.5, 0.6) is 5.75 Å². The predicted octanol–water partition coefficient (Wildman–Crippen LogP) is 2.44. The second kappa shape index (κ2) is 6.84. The summed E-state index contributed by atoms with van der Waals surface area (Å²) < 4.78 is 0. The summed E-state index contributed by atoms with van der Waals surface area (Å²) in [5.74, 6) is -0.943. The van der Waals surface area contributed by atoms with E-state index in [-0.39, 0.29) is 42.4 Å². The first-order valence-electron chi connectivity index (χ1n) is 4.72. The predicted molar refractivity (Wildman–Crippen MR) is 62.3 cm³/mol. The maximum Gasteiger partial charge on any atom is 0.338 e. The maximum absolute atomic E-state index is 11.0. The topological polar surface area (TPSA) is 70.4 Å². The molecule has 0 atom stereocenters. The molecular weight excluding hydrogens is 476 g/mol. The van der Waals surface area contributed by atoms with Gasteiger partial charge in [0.15, 0.2) is 0 Å². The first-order chi connectivity index (χ1) is 8.18. The Morgan fingerprint density at radius 1 is 1.33 bits per heavy atom. The van der Waals surface area contributed by atoms with Gasteiger partial charge in [0, 0.05) is 54.2 Å². The van der Waals surface area contributed by atoms with Gasteiger partial charge in [-0.3, -0.25) is 4.98 Å². The molecule has 90 valence electrons. The first-order valence-corrected chi connectivity index (χ1v) is 5.54. The Kier molecular flexibility index (Phi) is 5.74. The first kappa shape index (κ1) is 15.1. The van der Waals surface area contributed by atoms with Crippen LogP contribution in [0, 0.1) is 37.2 Å². The van der Waals surface area contributed by atoms with Gasteiger partial charge in [-0.15, -0.1) is 6.07 Å². The van der Waals surface area contributed by atoms with E-state index in [9.17, 15) is 9.90 Å². The van der Waals surface area contributed by atoms with Crippen molar-refractivity contribution in [2.75, 3.05) is 0 Å². The van der Waals surface area contributed by atoms with Gasteiger partial charge in [0.25, 0.3) is 0 Å². The summed E-state index contributed by atoms with van der Waals surface area (Å²) in [6.07, 6.45) is 2.80. The Hall–Kier alpha value is -0.958. The van der Waals surface area contributed by atoms with Gasteiger partial charge in [-0.05, 0) is 6.07 Å². The van der Waals surface area contributed by atoms with E-state index < -0.39 is 5.97 Å². The van der Waals surface area contributed by atoms with Crippen LogP contribution >= 0.6 is 11.8 Å². The number of carbonyl (C=O) groups is 1. The van der Waals surface area contributed by atoms with Crippen LogP contribution in [0.25, 0.3) is 0 Å². The summed E-state index contributed by atoms with van der Waals surface area (Å²) in [4.78, 5) is 15.8. The van der Waals surface area contributed by atoms with Crippen molar-refractivity contribution >= 4 is 17.7 Å². The molecule has 0 unspecified atom stereocenters. The van der Waals surface area contributed by atoms with Gasteiger partial charge >= 0.3 is 5.97 Å². The normalized spacial score (nSPS) is 9.56. The van der Waals surface area contributed by atoms with Gasteiger partial charge in [-0.2, -0.15) is 30.0 Å². The van der Waals surface area contributed by atoms with E-state index in [0.29, 0.717) is 9.79 Å². The molecule has 1 heterocycles. The van der Waals surface area contributed by atoms with Crippen LogP contribution in [-0.2, 0) is 0 Å². The van der Waals surface area contributed by atoms with Gasteiger partial charge < -0.3 is 10.2 Å². The number of carboxylic acids is 1. The smallest absolute Gasteiger partial charge is 0.338 e. The fourth-order valence-corrected chi connectivity index (χ4v) is 2.15. The zero-order chi connectivity index (χ0) is 12.3. The van der Waals surface area contributed by atoms with Gasteiger partial charge in [-0.1, -0.05) is 4.90 Å². The average molecular weight is 484 g/mol. The molecule has 0 fully saturated rings. The number of rotatable bonds is 3. The fraction of sp³-hybridized carbons (Fsp3) is 0. The molecule has 0 radical (unpaired) electrons. The number of benzene rings is 1. The second-order valence-corrected chi connectivity index (χ2v) is 4.26. The number of phenolic OH excluding ortho intramolecular Hbond substituents is 1. The molecule has 1 aromatic heterocycles. The van der Waals surface area contributed by atoms with Crippen molar-refractivity contribution in [2.45, 2.75) is 9.79 Å². The molecule has 1 aromatic carbocycles. The van der Waals surface area contributed by atoms with E-state index in [1.807, 2.05) is 0 Å². The van der Waals surface area contributed by atoms with Crippen LogP contribution < -0.4 is 0 Å².